The molecule has 0 radical (unpaired) electrons. The van der Waals surface area contributed by atoms with Crippen LogP contribution >= 0.6 is 11.3 Å². The number of carbonyl (C=O) groups excluding carboxylic acids is 1. The second kappa shape index (κ2) is 7.70. The topological polar surface area (TPSA) is 84.0 Å². The van der Waals surface area contributed by atoms with Crippen LogP contribution in [0.4, 0.5) is 5.69 Å². The van der Waals surface area contributed by atoms with Gasteiger partial charge < -0.3 is 5.32 Å². The molecule has 2 aromatic heterocycles. The number of fused-ring (bicyclic) bond motifs is 1. The first-order valence-corrected chi connectivity index (χ1v) is 9.41. The van der Waals surface area contributed by atoms with Crippen molar-refractivity contribution in [3.63, 3.8) is 0 Å². The van der Waals surface area contributed by atoms with E-state index in [1.165, 1.54) is 16.9 Å². The van der Waals surface area contributed by atoms with Gasteiger partial charge in [-0.25, -0.2) is 4.79 Å². The van der Waals surface area contributed by atoms with E-state index in [1.807, 2.05) is 31.2 Å². The van der Waals surface area contributed by atoms with Crippen LogP contribution in [0.25, 0.3) is 10.2 Å². The first-order chi connectivity index (χ1) is 12.5. The van der Waals surface area contributed by atoms with E-state index >= 15 is 0 Å². The Labute approximate surface area is 154 Å². The minimum atomic E-state index is -0.575. The Morgan fingerprint density at radius 3 is 2.65 bits per heavy atom. The molecule has 0 saturated carbocycles. The number of anilines is 1. The zero-order chi connectivity index (χ0) is 18.7. The number of rotatable bonds is 6. The highest BCUT2D eigenvalue weighted by Crippen LogP contribution is 2.18. The summed E-state index contributed by atoms with van der Waals surface area (Å²) in [5, 5.41) is 3.16. The van der Waals surface area contributed by atoms with Crippen molar-refractivity contribution in [1.29, 1.82) is 0 Å². The van der Waals surface area contributed by atoms with E-state index in [-0.39, 0.29) is 6.54 Å². The fraction of sp³-hybridized carbons (Fsp3) is 0.316. The molecule has 0 unspecified atom stereocenters. The number of nitrogens with zero attached hydrogens (tertiary/aromatic N) is 1. The number of hydrogen-bond acceptors (Lipinski definition) is 4. The van der Waals surface area contributed by atoms with Gasteiger partial charge in [0.1, 0.15) is 11.4 Å². The maximum Gasteiger partial charge on any atom is 0.329 e. The summed E-state index contributed by atoms with van der Waals surface area (Å²) >= 11 is 1.35. The molecule has 1 aromatic carbocycles. The molecule has 0 aliphatic carbocycles. The molecule has 136 valence electrons. The van der Waals surface area contributed by atoms with E-state index in [4.69, 9.17) is 0 Å². The highest BCUT2D eigenvalue weighted by molar-refractivity contribution is 7.18. The number of benzene rings is 1. The summed E-state index contributed by atoms with van der Waals surface area (Å²) in [4.78, 5) is 41.0. The Morgan fingerprint density at radius 2 is 1.96 bits per heavy atom. The number of nitrogens with one attached hydrogen (secondary N) is 2. The van der Waals surface area contributed by atoms with Gasteiger partial charge in [0, 0.05) is 10.6 Å². The van der Waals surface area contributed by atoms with E-state index in [1.54, 1.807) is 6.07 Å². The average molecular weight is 371 g/mol. The van der Waals surface area contributed by atoms with Crippen LogP contribution in [-0.2, 0) is 17.8 Å². The van der Waals surface area contributed by atoms with Crippen molar-refractivity contribution >= 4 is 33.1 Å². The summed E-state index contributed by atoms with van der Waals surface area (Å²) in [5.74, 6) is -0.412. The van der Waals surface area contributed by atoms with E-state index in [0.717, 1.165) is 28.7 Å². The molecule has 0 saturated heterocycles. The van der Waals surface area contributed by atoms with Crippen molar-refractivity contribution in [2.24, 2.45) is 0 Å². The molecule has 0 spiro atoms. The molecule has 0 atom stereocenters. The number of thiophene rings is 1. The van der Waals surface area contributed by atoms with Crippen molar-refractivity contribution in [1.82, 2.24) is 9.55 Å². The highest BCUT2D eigenvalue weighted by Gasteiger charge is 2.13. The monoisotopic (exact) mass is 371 g/mol. The summed E-state index contributed by atoms with van der Waals surface area (Å²) in [5.41, 5.74) is 0.843. The molecule has 1 amide bonds. The smallest absolute Gasteiger partial charge is 0.325 e. The molecule has 0 aliphatic rings. The summed E-state index contributed by atoms with van der Waals surface area (Å²) in [6.07, 6.45) is 3.27. The lowest BCUT2D eigenvalue weighted by Crippen LogP contribution is -2.38. The van der Waals surface area contributed by atoms with Gasteiger partial charge in [-0.3, -0.25) is 19.1 Å². The first kappa shape index (κ1) is 18.1. The van der Waals surface area contributed by atoms with Crippen molar-refractivity contribution in [3.8, 4) is 0 Å². The third-order valence-corrected chi connectivity index (χ3v) is 5.12. The average Bonchev–Trinajstić information content (AvgIpc) is 2.98. The molecule has 0 fully saturated rings. The largest absolute Gasteiger partial charge is 0.329 e. The van der Waals surface area contributed by atoms with Crippen molar-refractivity contribution in [2.45, 2.75) is 39.7 Å². The molecule has 26 heavy (non-hydrogen) atoms. The predicted molar refractivity (Wildman–Crippen MR) is 105 cm³/mol. The van der Waals surface area contributed by atoms with Gasteiger partial charge in [-0.15, -0.1) is 11.3 Å². The lowest BCUT2D eigenvalue weighted by atomic mass is 10.1. The number of amides is 1. The van der Waals surface area contributed by atoms with Crippen LogP contribution in [0.1, 0.15) is 30.2 Å². The Morgan fingerprint density at radius 1 is 1.23 bits per heavy atom. The summed E-state index contributed by atoms with van der Waals surface area (Å²) in [6.45, 7) is 3.69. The fourth-order valence-corrected chi connectivity index (χ4v) is 3.68. The van der Waals surface area contributed by atoms with Gasteiger partial charge in [-0.1, -0.05) is 25.5 Å². The lowest BCUT2D eigenvalue weighted by Gasteiger charge is -2.08. The number of aromatic amines is 1. The molecule has 0 bridgehead atoms. The van der Waals surface area contributed by atoms with Crippen molar-refractivity contribution in [3.05, 3.63) is 61.6 Å². The van der Waals surface area contributed by atoms with E-state index < -0.39 is 17.2 Å². The van der Waals surface area contributed by atoms with Gasteiger partial charge in [-0.05, 0) is 43.5 Å². The standard InChI is InChI=1S/C19H21N3O3S/c1-3-4-5-13-6-8-14(9-7-13)20-16(23)11-22-18(24)15-10-12(2)26-17(15)21-19(22)25/h6-10H,3-5,11H2,1-2H3,(H,20,23)(H,21,25). The maximum absolute atomic E-state index is 12.5. The number of carbonyl (C=O) groups is 1. The fourth-order valence-electron chi connectivity index (χ4n) is 2.79. The maximum atomic E-state index is 12.5. The Kier molecular flexibility index (Phi) is 5.37. The van der Waals surface area contributed by atoms with E-state index in [0.29, 0.717) is 15.9 Å². The second-order valence-electron chi connectivity index (χ2n) is 6.27. The predicted octanol–water partition coefficient (Wildman–Crippen LogP) is 3.04. The van der Waals surface area contributed by atoms with Crippen molar-refractivity contribution < 1.29 is 4.79 Å². The molecular weight excluding hydrogens is 350 g/mol. The van der Waals surface area contributed by atoms with E-state index in [2.05, 4.69) is 17.2 Å². The Hall–Kier alpha value is -2.67. The molecular formula is C19H21N3O3S. The third kappa shape index (κ3) is 3.94. The van der Waals surface area contributed by atoms with Crippen LogP contribution in [0.5, 0.6) is 0 Å². The summed E-state index contributed by atoms with van der Waals surface area (Å²) in [7, 11) is 0. The van der Waals surface area contributed by atoms with Crippen molar-refractivity contribution in [2.75, 3.05) is 5.32 Å². The van der Waals surface area contributed by atoms with Gasteiger partial charge in [0.25, 0.3) is 5.56 Å². The quantitative estimate of drug-likeness (QED) is 0.698. The van der Waals surface area contributed by atoms with Gasteiger partial charge in [-0.2, -0.15) is 0 Å². The first-order valence-electron chi connectivity index (χ1n) is 8.60. The van der Waals surface area contributed by atoms with Gasteiger partial charge in [0.05, 0.1) is 5.39 Å². The van der Waals surface area contributed by atoms with Crippen LogP contribution in [0.15, 0.2) is 39.9 Å². The third-order valence-electron chi connectivity index (χ3n) is 4.15. The van der Waals surface area contributed by atoms with Gasteiger partial charge in [0.2, 0.25) is 5.91 Å². The van der Waals surface area contributed by atoms with Crippen LogP contribution in [0, 0.1) is 6.92 Å². The number of H-pyrrole nitrogens is 1. The zero-order valence-electron chi connectivity index (χ0n) is 14.8. The summed E-state index contributed by atoms with van der Waals surface area (Å²) < 4.78 is 0.930. The molecule has 6 nitrogen and oxygen atoms in total. The second-order valence-corrected chi connectivity index (χ2v) is 7.53. The number of aryl methyl sites for hydroxylation is 2. The molecule has 7 heteroatoms. The molecule has 2 N–H and O–H groups in total. The van der Waals surface area contributed by atoms with Crippen LogP contribution in [0.3, 0.4) is 0 Å². The van der Waals surface area contributed by atoms with Gasteiger partial charge >= 0.3 is 5.69 Å². The molecule has 0 aliphatic heterocycles. The van der Waals surface area contributed by atoms with Crippen LogP contribution < -0.4 is 16.6 Å². The lowest BCUT2D eigenvalue weighted by molar-refractivity contribution is -0.116. The minimum Gasteiger partial charge on any atom is -0.325 e. The van der Waals surface area contributed by atoms with E-state index in [9.17, 15) is 14.4 Å². The number of unbranched alkanes of at least 4 members (excludes halogenated alkanes) is 1. The highest BCUT2D eigenvalue weighted by atomic mass is 32.1. The Balaban J connectivity index is 1.75. The zero-order valence-corrected chi connectivity index (χ0v) is 15.6. The summed E-state index contributed by atoms with van der Waals surface area (Å²) in [6, 6.07) is 9.35. The SMILES string of the molecule is CCCCc1ccc(NC(=O)Cn2c(=O)[nH]c3sc(C)cc3c2=O)cc1. The van der Waals surface area contributed by atoms with Gasteiger partial charge in [0.15, 0.2) is 0 Å². The normalized spacial score (nSPS) is 11.0. The minimum absolute atomic E-state index is 0.323. The number of hydrogen-bond donors (Lipinski definition) is 2. The Bertz CT molecular complexity index is 1040. The van der Waals surface area contributed by atoms with Crippen LogP contribution in [0.2, 0.25) is 0 Å². The van der Waals surface area contributed by atoms with Crippen LogP contribution in [-0.4, -0.2) is 15.5 Å². The number of aromatic nitrogens is 2. The molecule has 3 aromatic rings. The molecule has 2 heterocycles. The molecule has 3 rings (SSSR count).